The molecule has 2 aromatic rings. The van der Waals surface area contributed by atoms with Crippen LogP contribution in [-0.2, 0) is 16.0 Å². The Morgan fingerprint density at radius 3 is 2.07 bits per heavy atom. The van der Waals surface area contributed by atoms with Gasteiger partial charge in [0.15, 0.2) is 5.78 Å². The van der Waals surface area contributed by atoms with Gasteiger partial charge in [-0.3, -0.25) is 9.59 Å². The molecule has 148 valence electrons. The first kappa shape index (κ1) is 23.9. The molecule has 1 atom stereocenters. The SMILES string of the molecule is CC.CC(=O)c1cc(N)ccc1O.COC(=O)[C@@H](N)Cc1ccc(O)cc1. The Balaban J connectivity index is 0.000000469. The first-order chi connectivity index (χ1) is 12.7. The molecule has 0 fully saturated rings. The topological polar surface area (TPSA) is 136 Å². The van der Waals surface area contributed by atoms with Gasteiger partial charge >= 0.3 is 5.97 Å². The minimum absolute atomic E-state index is 0.0216. The van der Waals surface area contributed by atoms with E-state index in [9.17, 15) is 9.59 Å². The molecule has 0 heterocycles. The third-order valence-electron chi connectivity index (χ3n) is 3.30. The summed E-state index contributed by atoms with van der Waals surface area (Å²) in [6.45, 7) is 5.38. The lowest BCUT2D eigenvalue weighted by molar-refractivity contribution is -0.142. The molecule has 0 aliphatic rings. The number of rotatable bonds is 4. The molecule has 2 rings (SSSR count). The summed E-state index contributed by atoms with van der Waals surface area (Å²) in [6, 6.07) is 10.3. The zero-order valence-electron chi connectivity index (χ0n) is 16.1. The van der Waals surface area contributed by atoms with Gasteiger partial charge < -0.3 is 26.4 Å². The summed E-state index contributed by atoms with van der Waals surface area (Å²) in [5.74, 6) is -0.444. The van der Waals surface area contributed by atoms with Crippen LogP contribution in [0, 0.1) is 0 Å². The summed E-state index contributed by atoms with van der Waals surface area (Å²) in [7, 11) is 1.30. The van der Waals surface area contributed by atoms with E-state index < -0.39 is 12.0 Å². The number of nitrogens with two attached hydrogens (primary N) is 2. The molecule has 0 aliphatic carbocycles. The van der Waals surface area contributed by atoms with Gasteiger partial charge in [-0.25, -0.2) is 0 Å². The van der Waals surface area contributed by atoms with Crippen LogP contribution in [-0.4, -0.2) is 35.1 Å². The number of methoxy groups -OCH3 is 1. The fraction of sp³-hybridized carbons (Fsp3) is 0.300. The maximum absolute atomic E-state index is 11.0. The molecule has 2 aromatic carbocycles. The number of phenolic OH excluding ortho intramolecular Hbond substituents is 2. The number of ketones is 1. The fourth-order valence-electron chi connectivity index (χ4n) is 1.96. The quantitative estimate of drug-likeness (QED) is 0.279. The highest BCUT2D eigenvalue weighted by Crippen LogP contribution is 2.19. The number of Topliss-reactive ketones (excluding diaryl/α,β-unsaturated/α-hetero) is 1. The Morgan fingerprint density at radius 1 is 1.07 bits per heavy atom. The highest BCUT2D eigenvalue weighted by Gasteiger charge is 2.13. The minimum Gasteiger partial charge on any atom is -0.508 e. The lowest BCUT2D eigenvalue weighted by Gasteiger charge is -2.08. The standard InChI is InChI=1S/C10H13NO3.C8H9NO2.C2H6/c1-14-10(13)9(11)6-7-2-4-8(12)5-3-7;1-5(10)7-4-6(9)2-3-8(7)11;1-2/h2-5,9,12H,6,11H2,1H3;2-4,11H,9H2,1H3;1-2H3/t9-;;/m0../s1. The second-order valence-corrected chi connectivity index (χ2v) is 5.33. The lowest BCUT2D eigenvalue weighted by Crippen LogP contribution is -2.33. The molecule has 0 spiro atoms. The van der Waals surface area contributed by atoms with Crippen molar-refractivity contribution in [3.05, 3.63) is 53.6 Å². The van der Waals surface area contributed by atoms with Crippen molar-refractivity contribution in [3.63, 3.8) is 0 Å². The van der Waals surface area contributed by atoms with E-state index in [4.69, 9.17) is 21.7 Å². The van der Waals surface area contributed by atoms with Crippen molar-refractivity contribution in [2.75, 3.05) is 12.8 Å². The number of aromatic hydroxyl groups is 2. The smallest absolute Gasteiger partial charge is 0.322 e. The number of benzene rings is 2. The molecule has 0 amide bonds. The Bertz CT molecular complexity index is 730. The molecule has 7 nitrogen and oxygen atoms in total. The average Bonchev–Trinajstić information content (AvgIpc) is 2.66. The Labute approximate surface area is 159 Å². The van der Waals surface area contributed by atoms with Crippen molar-refractivity contribution in [1.29, 1.82) is 0 Å². The van der Waals surface area contributed by atoms with Crippen LogP contribution in [0.1, 0.15) is 36.7 Å². The third kappa shape index (κ3) is 8.73. The second-order valence-electron chi connectivity index (χ2n) is 5.33. The Hall–Kier alpha value is -3.06. The van der Waals surface area contributed by atoms with Crippen LogP contribution >= 0.6 is 0 Å². The van der Waals surface area contributed by atoms with Crippen LogP contribution in [0.5, 0.6) is 11.5 Å². The average molecular weight is 376 g/mol. The molecule has 7 heteroatoms. The van der Waals surface area contributed by atoms with Gasteiger partial charge in [0.05, 0.1) is 12.7 Å². The van der Waals surface area contributed by atoms with Crippen LogP contribution in [0.15, 0.2) is 42.5 Å². The van der Waals surface area contributed by atoms with E-state index in [1.807, 2.05) is 13.8 Å². The summed E-state index contributed by atoms with van der Waals surface area (Å²) in [5.41, 5.74) is 12.6. The molecule has 0 unspecified atom stereocenters. The zero-order chi connectivity index (χ0) is 21.0. The molecule has 27 heavy (non-hydrogen) atoms. The molecule has 0 aromatic heterocycles. The predicted octanol–water partition coefficient (Wildman–Crippen LogP) is 2.64. The van der Waals surface area contributed by atoms with E-state index in [0.717, 1.165) is 5.56 Å². The van der Waals surface area contributed by atoms with Crippen LogP contribution in [0.3, 0.4) is 0 Å². The van der Waals surface area contributed by atoms with E-state index in [1.165, 1.54) is 26.2 Å². The van der Waals surface area contributed by atoms with Crippen molar-refractivity contribution in [2.45, 2.75) is 33.2 Å². The van der Waals surface area contributed by atoms with Crippen LogP contribution in [0.4, 0.5) is 5.69 Å². The number of hydrogen-bond acceptors (Lipinski definition) is 7. The van der Waals surface area contributed by atoms with Gasteiger partial charge in [0, 0.05) is 5.69 Å². The lowest BCUT2D eigenvalue weighted by atomic mass is 10.1. The highest BCUT2D eigenvalue weighted by atomic mass is 16.5. The Morgan fingerprint density at radius 2 is 1.63 bits per heavy atom. The maximum Gasteiger partial charge on any atom is 0.322 e. The largest absolute Gasteiger partial charge is 0.508 e. The number of ether oxygens (including phenoxy) is 1. The fourth-order valence-corrected chi connectivity index (χ4v) is 1.96. The number of phenols is 2. The first-order valence-electron chi connectivity index (χ1n) is 8.45. The van der Waals surface area contributed by atoms with Gasteiger partial charge in [-0.2, -0.15) is 0 Å². The number of esters is 1. The normalized spacial score (nSPS) is 10.4. The monoisotopic (exact) mass is 376 g/mol. The van der Waals surface area contributed by atoms with Crippen LogP contribution in [0.2, 0.25) is 0 Å². The molecular formula is C20H28N2O5. The van der Waals surface area contributed by atoms with Gasteiger partial charge in [0.1, 0.15) is 17.5 Å². The van der Waals surface area contributed by atoms with E-state index in [-0.39, 0.29) is 22.8 Å². The minimum atomic E-state index is -0.649. The van der Waals surface area contributed by atoms with Crippen molar-refractivity contribution < 1.29 is 24.5 Å². The molecular weight excluding hydrogens is 348 g/mol. The summed E-state index contributed by atoms with van der Waals surface area (Å²) >= 11 is 0. The molecule has 0 saturated heterocycles. The van der Waals surface area contributed by atoms with E-state index in [2.05, 4.69) is 4.74 Å². The predicted molar refractivity (Wildman–Crippen MR) is 106 cm³/mol. The van der Waals surface area contributed by atoms with Gasteiger partial charge in [-0.1, -0.05) is 26.0 Å². The van der Waals surface area contributed by atoms with Crippen molar-refractivity contribution in [1.82, 2.24) is 0 Å². The number of carbonyl (C=O) groups is 2. The first-order valence-corrected chi connectivity index (χ1v) is 8.45. The molecule has 6 N–H and O–H groups in total. The van der Waals surface area contributed by atoms with Gasteiger partial charge in [0.2, 0.25) is 0 Å². The number of anilines is 1. The van der Waals surface area contributed by atoms with Crippen molar-refractivity contribution >= 4 is 17.4 Å². The molecule has 0 bridgehead atoms. The highest BCUT2D eigenvalue weighted by molar-refractivity contribution is 5.97. The number of carbonyl (C=O) groups excluding carboxylic acids is 2. The third-order valence-corrected chi connectivity index (χ3v) is 3.30. The van der Waals surface area contributed by atoms with Crippen LogP contribution in [0.25, 0.3) is 0 Å². The van der Waals surface area contributed by atoms with Gasteiger partial charge in [-0.05, 0) is 49.2 Å². The van der Waals surface area contributed by atoms with Crippen molar-refractivity contribution in [3.8, 4) is 11.5 Å². The zero-order valence-corrected chi connectivity index (χ0v) is 16.1. The molecule has 0 aliphatic heterocycles. The summed E-state index contributed by atoms with van der Waals surface area (Å²) < 4.78 is 4.49. The Kier molecular flexibility index (Phi) is 10.9. The van der Waals surface area contributed by atoms with Crippen LogP contribution < -0.4 is 11.5 Å². The number of hydrogen-bond donors (Lipinski definition) is 4. The summed E-state index contributed by atoms with van der Waals surface area (Å²) in [4.78, 5) is 21.8. The molecule has 0 radical (unpaired) electrons. The van der Waals surface area contributed by atoms with E-state index in [1.54, 1.807) is 30.3 Å². The van der Waals surface area contributed by atoms with Gasteiger partial charge in [-0.15, -0.1) is 0 Å². The maximum atomic E-state index is 11.0. The number of nitrogen functional groups attached to an aromatic ring is 1. The molecule has 0 saturated carbocycles. The summed E-state index contributed by atoms with van der Waals surface area (Å²) in [5, 5.41) is 18.2. The second kappa shape index (κ2) is 12.3. The summed E-state index contributed by atoms with van der Waals surface area (Å²) in [6.07, 6.45) is 0.410. The van der Waals surface area contributed by atoms with E-state index >= 15 is 0 Å². The van der Waals surface area contributed by atoms with Gasteiger partial charge in [0.25, 0.3) is 0 Å². The van der Waals surface area contributed by atoms with E-state index in [0.29, 0.717) is 12.1 Å². The van der Waals surface area contributed by atoms with Crippen molar-refractivity contribution in [2.24, 2.45) is 5.73 Å².